The normalized spacial score (nSPS) is 14.3. The Morgan fingerprint density at radius 3 is 1.75 bits per heavy atom. The Balaban J connectivity index is 2.82. The SMILES string of the molecule is CC(C)[Si](OC[C@H](O)c1ccccc1)(C(C)C)C(C)C. The lowest BCUT2D eigenvalue weighted by Crippen LogP contribution is -2.48. The molecule has 2 nitrogen and oxygen atoms in total. The molecule has 0 aliphatic carbocycles. The zero-order valence-corrected chi connectivity index (χ0v) is 14.8. The maximum absolute atomic E-state index is 10.3. The first-order valence-electron chi connectivity index (χ1n) is 7.69. The van der Waals surface area contributed by atoms with Crippen molar-refractivity contribution in [3.63, 3.8) is 0 Å². The summed E-state index contributed by atoms with van der Waals surface area (Å²) in [4.78, 5) is 0. The fourth-order valence-electron chi connectivity index (χ4n) is 3.49. The molecule has 0 spiro atoms. The molecular weight excluding hydrogens is 264 g/mol. The predicted octanol–water partition coefficient (Wildman–Crippen LogP) is 4.91. The fourth-order valence-corrected chi connectivity index (χ4v) is 8.94. The Bertz CT molecular complexity index is 365. The van der Waals surface area contributed by atoms with Crippen LogP contribution in [0.25, 0.3) is 0 Å². The zero-order chi connectivity index (χ0) is 15.3. The van der Waals surface area contributed by atoms with Gasteiger partial charge in [-0.1, -0.05) is 71.9 Å². The second kappa shape index (κ2) is 7.39. The van der Waals surface area contributed by atoms with Crippen LogP contribution in [0.4, 0.5) is 0 Å². The fraction of sp³-hybridized carbons (Fsp3) is 0.647. The molecule has 0 radical (unpaired) electrons. The molecule has 0 heterocycles. The number of hydrogen-bond acceptors (Lipinski definition) is 2. The van der Waals surface area contributed by atoms with Crippen molar-refractivity contribution in [2.24, 2.45) is 0 Å². The van der Waals surface area contributed by atoms with Crippen molar-refractivity contribution in [1.82, 2.24) is 0 Å². The van der Waals surface area contributed by atoms with Crippen LogP contribution in [0.1, 0.15) is 53.2 Å². The minimum absolute atomic E-state index is 0.408. The molecule has 1 N–H and O–H groups in total. The van der Waals surface area contributed by atoms with Gasteiger partial charge in [0.15, 0.2) is 8.32 Å². The van der Waals surface area contributed by atoms with Gasteiger partial charge in [0.25, 0.3) is 0 Å². The molecule has 1 aromatic rings. The summed E-state index contributed by atoms with van der Waals surface area (Å²) in [5.41, 5.74) is 2.58. The molecule has 0 aliphatic rings. The lowest BCUT2D eigenvalue weighted by atomic mass is 10.1. The molecule has 1 rings (SSSR count). The molecule has 20 heavy (non-hydrogen) atoms. The van der Waals surface area contributed by atoms with Gasteiger partial charge in [0.1, 0.15) is 6.10 Å². The monoisotopic (exact) mass is 294 g/mol. The Labute approximate surface area is 125 Å². The molecule has 0 amide bonds. The van der Waals surface area contributed by atoms with Crippen molar-refractivity contribution in [2.75, 3.05) is 6.61 Å². The summed E-state index contributed by atoms with van der Waals surface area (Å²) < 4.78 is 6.42. The van der Waals surface area contributed by atoms with Crippen molar-refractivity contribution in [2.45, 2.75) is 64.3 Å². The largest absolute Gasteiger partial charge is 0.413 e. The zero-order valence-electron chi connectivity index (χ0n) is 13.8. The maximum Gasteiger partial charge on any atom is 0.200 e. The third-order valence-corrected chi connectivity index (χ3v) is 10.5. The lowest BCUT2D eigenvalue weighted by molar-refractivity contribution is 0.0978. The summed E-state index contributed by atoms with van der Waals surface area (Å²) in [6.45, 7) is 14.0. The maximum atomic E-state index is 10.3. The smallest absolute Gasteiger partial charge is 0.200 e. The summed E-state index contributed by atoms with van der Waals surface area (Å²) in [5, 5.41) is 10.3. The van der Waals surface area contributed by atoms with E-state index in [1.807, 2.05) is 30.3 Å². The molecule has 3 heteroatoms. The van der Waals surface area contributed by atoms with E-state index in [0.29, 0.717) is 23.2 Å². The number of aliphatic hydroxyl groups excluding tert-OH is 1. The van der Waals surface area contributed by atoms with Crippen molar-refractivity contribution >= 4 is 8.32 Å². The van der Waals surface area contributed by atoms with Crippen molar-refractivity contribution in [3.05, 3.63) is 35.9 Å². The average Bonchev–Trinajstić information content (AvgIpc) is 2.38. The highest BCUT2D eigenvalue weighted by molar-refractivity contribution is 6.77. The van der Waals surface area contributed by atoms with Crippen molar-refractivity contribution in [1.29, 1.82) is 0 Å². The molecule has 0 bridgehead atoms. The lowest BCUT2D eigenvalue weighted by Gasteiger charge is -2.42. The summed E-state index contributed by atoms with van der Waals surface area (Å²) >= 11 is 0. The number of rotatable bonds is 7. The number of hydrogen-bond donors (Lipinski definition) is 1. The highest BCUT2D eigenvalue weighted by Crippen LogP contribution is 2.42. The van der Waals surface area contributed by atoms with E-state index >= 15 is 0 Å². The molecule has 114 valence electrons. The third kappa shape index (κ3) is 3.71. The van der Waals surface area contributed by atoms with Gasteiger partial charge >= 0.3 is 0 Å². The molecule has 1 atom stereocenters. The van der Waals surface area contributed by atoms with Crippen LogP contribution in [0.5, 0.6) is 0 Å². The van der Waals surface area contributed by atoms with E-state index in [4.69, 9.17) is 4.43 Å². The van der Waals surface area contributed by atoms with Crippen LogP contribution in [0, 0.1) is 0 Å². The first-order valence-corrected chi connectivity index (χ1v) is 9.83. The van der Waals surface area contributed by atoms with Crippen molar-refractivity contribution in [3.8, 4) is 0 Å². The van der Waals surface area contributed by atoms with E-state index in [2.05, 4.69) is 41.5 Å². The molecular formula is C17H30O2Si. The number of benzene rings is 1. The van der Waals surface area contributed by atoms with E-state index in [1.165, 1.54) is 0 Å². The second-order valence-electron chi connectivity index (χ2n) is 6.56. The summed E-state index contributed by atoms with van der Waals surface area (Å²) in [7, 11) is -1.88. The Morgan fingerprint density at radius 2 is 1.35 bits per heavy atom. The van der Waals surface area contributed by atoms with Gasteiger partial charge in [-0.25, -0.2) is 0 Å². The van der Waals surface area contributed by atoms with Crippen LogP contribution in [0.3, 0.4) is 0 Å². The van der Waals surface area contributed by atoms with Gasteiger partial charge in [-0.15, -0.1) is 0 Å². The second-order valence-corrected chi connectivity index (χ2v) is 12.0. The van der Waals surface area contributed by atoms with Gasteiger partial charge < -0.3 is 9.53 Å². The van der Waals surface area contributed by atoms with Crippen LogP contribution < -0.4 is 0 Å². The highest BCUT2D eigenvalue weighted by atomic mass is 28.4. The van der Waals surface area contributed by atoms with E-state index in [-0.39, 0.29) is 0 Å². The van der Waals surface area contributed by atoms with Gasteiger partial charge in [-0.2, -0.15) is 0 Å². The molecule has 0 aromatic heterocycles. The van der Waals surface area contributed by atoms with E-state index in [0.717, 1.165) is 5.56 Å². The predicted molar refractivity (Wildman–Crippen MR) is 88.4 cm³/mol. The van der Waals surface area contributed by atoms with Crippen LogP contribution in [0.15, 0.2) is 30.3 Å². The summed E-state index contributed by atoms with van der Waals surface area (Å²) in [6, 6.07) is 9.79. The Kier molecular flexibility index (Phi) is 6.43. The summed E-state index contributed by atoms with van der Waals surface area (Å²) in [5.74, 6) is 0. The molecule has 0 saturated heterocycles. The van der Waals surface area contributed by atoms with Crippen LogP contribution in [-0.4, -0.2) is 20.0 Å². The summed E-state index contributed by atoms with van der Waals surface area (Å²) in [6.07, 6.45) is -0.528. The van der Waals surface area contributed by atoms with Gasteiger partial charge in [-0.05, 0) is 22.2 Å². The molecule has 0 saturated carbocycles. The number of aliphatic hydroxyl groups is 1. The van der Waals surface area contributed by atoms with E-state index in [1.54, 1.807) is 0 Å². The van der Waals surface area contributed by atoms with Crippen molar-refractivity contribution < 1.29 is 9.53 Å². The van der Waals surface area contributed by atoms with Gasteiger partial charge in [0, 0.05) is 0 Å². The minimum atomic E-state index is -1.88. The average molecular weight is 295 g/mol. The minimum Gasteiger partial charge on any atom is -0.413 e. The van der Waals surface area contributed by atoms with Gasteiger partial charge in [0.2, 0.25) is 0 Å². The topological polar surface area (TPSA) is 29.5 Å². The molecule has 0 aliphatic heterocycles. The Morgan fingerprint density at radius 1 is 0.900 bits per heavy atom. The van der Waals surface area contributed by atoms with E-state index in [9.17, 15) is 5.11 Å². The molecule has 1 aromatic carbocycles. The Hall–Kier alpha value is -0.643. The molecule has 0 unspecified atom stereocenters. The highest BCUT2D eigenvalue weighted by Gasteiger charge is 2.45. The van der Waals surface area contributed by atoms with Gasteiger partial charge in [-0.3, -0.25) is 0 Å². The third-order valence-electron chi connectivity index (χ3n) is 4.38. The van der Waals surface area contributed by atoms with E-state index < -0.39 is 14.4 Å². The van der Waals surface area contributed by atoms with Gasteiger partial charge in [0.05, 0.1) is 6.61 Å². The van der Waals surface area contributed by atoms with Crippen LogP contribution in [-0.2, 0) is 4.43 Å². The first-order chi connectivity index (χ1) is 9.32. The standard InChI is InChI=1S/C17H30O2Si/c1-13(2)20(14(3)4,15(5)6)19-12-17(18)16-10-8-7-9-11-16/h7-11,13-15,17-18H,12H2,1-6H3/t17-/m0/s1. The molecule has 0 fully saturated rings. The quantitative estimate of drug-likeness (QED) is 0.724. The first kappa shape index (κ1) is 17.4. The van der Waals surface area contributed by atoms with Crippen LogP contribution >= 0.6 is 0 Å². The van der Waals surface area contributed by atoms with Crippen LogP contribution in [0.2, 0.25) is 16.6 Å².